The number of rotatable bonds is 14. The zero-order chi connectivity index (χ0) is 16.8. The van der Waals surface area contributed by atoms with Gasteiger partial charge in [-0.25, -0.2) is 0 Å². The molecule has 0 spiro atoms. The van der Waals surface area contributed by atoms with Crippen molar-refractivity contribution in [2.24, 2.45) is 0 Å². The van der Waals surface area contributed by atoms with Crippen LogP contribution in [0, 0.1) is 0 Å². The highest BCUT2D eigenvalue weighted by atomic mass is 16.5. The number of unbranched alkanes of at least 4 members (excludes halogenated alkanes) is 1. The number of ether oxygens (including phenoxy) is 2. The Morgan fingerprint density at radius 3 is 2.00 bits per heavy atom. The van der Waals surface area contributed by atoms with E-state index >= 15 is 0 Å². The van der Waals surface area contributed by atoms with Gasteiger partial charge in [-0.15, -0.1) is 0 Å². The molecule has 0 rings (SSSR count). The average Bonchev–Trinajstić information content (AvgIpc) is 2.47. The molecule has 0 aliphatic carbocycles. The fourth-order valence-corrected chi connectivity index (χ4v) is 1.55. The minimum absolute atomic E-state index is 0.117. The highest BCUT2D eigenvalue weighted by Crippen LogP contribution is 2.02. The van der Waals surface area contributed by atoms with Crippen molar-refractivity contribution in [1.82, 2.24) is 5.32 Å². The molecule has 0 fully saturated rings. The Balaban J connectivity index is 3.21. The third-order valence-electron chi connectivity index (χ3n) is 2.93. The highest BCUT2D eigenvalue weighted by Gasteiger charge is 2.01. The monoisotopic (exact) mass is 311 g/mol. The van der Waals surface area contributed by atoms with Gasteiger partial charge >= 0.3 is 0 Å². The van der Waals surface area contributed by atoms with Crippen LogP contribution in [0.15, 0.2) is 24.3 Å². The predicted molar refractivity (Wildman–Crippen MR) is 87.8 cm³/mol. The molecule has 0 aliphatic rings. The van der Waals surface area contributed by atoms with Crippen LogP contribution in [0.5, 0.6) is 0 Å². The molecule has 0 heterocycles. The van der Waals surface area contributed by atoms with Gasteiger partial charge in [-0.2, -0.15) is 0 Å². The molecule has 0 aromatic heterocycles. The summed E-state index contributed by atoms with van der Waals surface area (Å²) in [5.74, 6) is 0.00976. The molecule has 0 atom stereocenters. The van der Waals surface area contributed by atoms with Crippen molar-refractivity contribution in [1.29, 1.82) is 0 Å². The topological polar surface area (TPSA) is 64.6 Å². The lowest BCUT2D eigenvalue weighted by molar-refractivity contribution is -0.117. The predicted octanol–water partition coefficient (Wildman–Crippen LogP) is 2.42. The van der Waals surface area contributed by atoms with E-state index in [1.807, 2.05) is 0 Å². The maximum absolute atomic E-state index is 11.3. The molecule has 22 heavy (non-hydrogen) atoms. The van der Waals surface area contributed by atoms with Gasteiger partial charge < -0.3 is 14.8 Å². The molecule has 5 heteroatoms. The summed E-state index contributed by atoms with van der Waals surface area (Å²) in [5.41, 5.74) is 1.13. The number of hydrogen-bond donors (Lipinski definition) is 1. The van der Waals surface area contributed by atoms with E-state index in [2.05, 4.69) is 18.5 Å². The maximum Gasteiger partial charge on any atom is 0.246 e. The number of carbonyl (C=O) groups is 2. The molecular weight excluding hydrogens is 282 g/mol. The summed E-state index contributed by atoms with van der Waals surface area (Å²) >= 11 is 0. The number of amides is 1. The zero-order valence-corrected chi connectivity index (χ0v) is 13.9. The number of allylic oxidation sites excluding steroid dienone is 1. The summed E-state index contributed by atoms with van der Waals surface area (Å²) in [6, 6.07) is 0. The minimum atomic E-state index is -0.117. The van der Waals surface area contributed by atoms with E-state index in [1.165, 1.54) is 0 Å². The lowest BCUT2D eigenvalue weighted by Gasteiger charge is -2.07. The van der Waals surface area contributed by atoms with Crippen LogP contribution in [-0.2, 0) is 19.1 Å². The fraction of sp³-hybridized carbons (Fsp3) is 0.647. The van der Waals surface area contributed by atoms with Crippen molar-refractivity contribution in [2.75, 3.05) is 33.0 Å². The minimum Gasteiger partial charge on any atom is -0.379 e. The van der Waals surface area contributed by atoms with Gasteiger partial charge in [-0.1, -0.05) is 13.2 Å². The first-order valence-corrected chi connectivity index (χ1v) is 7.73. The quantitative estimate of drug-likeness (QED) is 0.395. The smallest absolute Gasteiger partial charge is 0.246 e. The van der Waals surface area contributed by atoms with Crippen LogP contribution in [0.3, 0.4) is 0 Å². The van der Waals surface area contributed by atoms with E-state index in [4.69, 9.17) is 9.47 Å². The van der Waals surface area contributed by atoms with E-state index in [1.54, 1.807) is 13.8 Å². The van der Waals surface area contributed by atoms with Crippen molar-refractivity contribution in [3.05, 3.63) is 24.3 Å². The van der Waals surface area contributed by atoms with Crippen LogP contribution in [-0.4, -0.2) is 44.7 Å². The van der Waals surface area contributed by atoms with Crippen molar-refractivity contribution >= 4 is 11.7 Å². The summed E-state index contributed by atoms with van der Waals surface area (Å²) in [6.45, 7) is 13.5. The number of Topliss-reactive ketones (excluding diaryl/α,β-unsaturated/α-hetero) is 1. The Bertz CT molecular complexity index is 341. The van der Waals surface area contributed by atoms with Gasteiger partial charge in [0, 0.05) is 31.8 Å². The molecule has 0 aromatic carbocycles. The SMILES string of the molecule is C=C(C)C(=O)CCCCOCCOCCCNC(=O)C(=C)C. The molecule has 0 radical (unpaired) electrons. The summed E-state index contributed by atoms with van der Waals surface area (Å²) < 4.78 is 10.8. The number of nitrogens with one attached hydrogen (secondary N) is 1. The summed E-state index contributed by atoms with van der Waals surface area (Å²) in [4.78, 5) is 22.5. The molecule has 0 aromatic rings. The van der Waals surface area contributed by atoms with Crippen LogP contribution >= 0.6 is 0 Å². The number of carbonyl (C=O) groups excluding carboxylic acids is 2. The van der Waals surface area contributed by atoms with Crippen LogP contribution in [0.4, 0.5) is 0 Å². The summed E-state index contributed by atoms with van der Waals surface area (Å²) in [6.07, 6.45) is 3.01. The first kappa shape index (κ1) is 20.5. The van der Waals surface area contributed by atoms with Crippen molar-refractivity contribution in [3.8, 4) is 0 Å². The Morgan fingerprint density at radius 1 is 0.864 bits per heavy atom. The number of hydrogen-bond acceptors (Lipinski definition) is 4. The molecule has 5 nitrogen and oxygen atoms in total. The third-order valence-corrected chi connectivity index (χ3v) is 2.93. The Morgan fingerprint density at radius 2 is 1.45 bits per heavy atom. The molecule has 0 saturated carbocycles. The van der Waals surface area contributed by atoms with Crippen LogP contribution in [0.25, 0.3) is 0 Å². The van der Waals surface area contributed by atoms with Gasteiger partial charge in [0.2, 0.25) is 5.91 Å². The number of ketones is 1. The van der Waals surface area contributed by atoms with Gasteiger partial charge in [0.15, 0.2) is 5.78 Å². The van der Waals surface area contributed by atoms with Gasteiger partial charge in [0.25, 0.3) is 0 Å². The maximum atomic E-state index is 11.3. The van der Waals surface area contributed by atoms with E-state index in [0.29, 0.717) is 50.5 Å². The highest BCUT2D eigenvalue weighted by molar-refractivity contribution is 5.94. The molecule has 0 unspecified atom stereocenters. The summed E-state index contributed by atoms with van der Waals surface area (Å²) in [5, 5.41) is 2.74. The standard InChI is InChI=1S/C17H29NO4/c1-14(2)16(19)8-5-6-10-21-12-13-22-11-7-9-18-17(20)15(3)4/h1,3,5-13H2,2,4H3,(H,18,20). The molecular formula is C17H29NO4. The lowest BCUT2D eigenvalue weighted by atomic mass is 10.1. The first-order chi connectivity index (χ1) is 10.4. The fourth-order valence-electron chi connectivity index (χ4n) is 1.55. The van der Waals surface area contributed by atoms with Crippen LogP contribution in [0.1, 0.15) is 39.5 Å². The van der Waals surface area contributed by atoms with E-state index in [9.17, 15) is 9.59 Å². The Hall–Kier alpha value is -1.46. The second-order valence-corrected chi connectivity index (χ2v) is 5.28. The molecule has 0 bridgehead atoms. The molecule has 0 saturated heterocycles. The van der Waals surface area contributed by atoms with Gasteiger partial charge in [-0.3, -0.25) is 9.59 Å². The van der Waals surface area contributed by atoms with Crippen molar-refractivity contribution < 1.29 is 19.1 Å². The first-order valence-electron chi connectivity index (χ1n) is 7.73. The van der Waals surface area contributed by atoms with Crippen LogP contribution in [0.2, 0.25) is 0 Å². The van der Waals surface area contributed by atoms with Crippen molar-refractivity contribution in [3.63, 3.8) is 0 Å². The van der Waals surface area contributed by atoms with Crippen LogP contribution < -0.4 is 5.32 Å². The largest absolute Gasteiger partial charge is 0.379 e. The van der Waals surface area contributed by atoms with E-state index in [-0.39, 0.29) is 11.7 Å². The zero-order valence-electron chi connectivity index (χ0n) is 13.9. The lowest BCUT2D eigenvalue weighted by Crippen LogP contribution is -2.25. The normalized spacial score (nSPS) is 10.3. The summed E-state index contributed by atoms with van der Waals surface area (Å²) in [7, 11) is 0. The Kier molecular flexibility index (Phi) is 12.3. The second-order valence-electron chi connectivity index (χ2n) is 5.28. The molecule has 0 aliphatic heterocycles. The van der Waals surface area contributed by atoms with E-state index in [0.717, 1.165) is 19.3 Å². The third kappa shape index (κ3) is 12.3. The van der Waals surface area contributed by atoms with Gasteiger partial charge in [0.1, 0.15) is 0 Å². The second kappa shape index (κ2) is 13.2. The molecule has 1 N–H and O–H groups in total. The van der Waals surface area contributed by atoms with Gasteiger partial charge in [0.05, 0.1) is 13.2 Å². The van der Waals surface area contributed by atoms with E-state index < -0.39 is 0 Å². The Labute approximate surface area is 133 Å². The average molecular weight is 311 g/mol. The van der Waals surface area contributed by atoms with Gasteiger partial charge in [-0.05, 0) is 38.7 Å². The van der Waals surface area contributed by atoms with Crippen molar-refractivity contribution in [2.45, 2.75) is 39.5 Å². The molecule has 1 amide bonds. The molecule has 126 valence electrons.